The molecule has 4 N–H and O–H groups in total. The third kappa shape index (κ3) is 10.2. The molecule has 3 aromatic rings. The predicted molar refractivity (Wildman–Crippen MR) is 186 cm³/mol. The molecule has 0 saturated heterocycles. The van der Waals surface area contributed by atoms with Crippen molar-refractivity contribution in [2.45, 2.75) is 103 Å². The summed E-state index contributed by atoms with van der Waals surface area (Å²) >= 11 is 1.36. The maximum atomic E-state index is 13.2. The van der Waals surface area contributed by atoms with Gasteiger partial charge >= 0.3 is 12.1 Å². The number of aliphatic carboxylic acids is 1. The van der Waals surface area contributed by atoms with Crippen LogP contribution in [0.25, 0.3) is 17.0 Å². The van der Waals surface area contributed by atoms with Crippen LogP contribution in [0, 0.1) is 0 Å². The van der Waals surface area contributed by atoms with E-state index in [0.717, 1.165) is 40.0 Å². The number of nitrogens with one attached hydrogen (secondary N) is 3. The van der Waals surface area contributed by atoms with Crippen LogP contribution in [0.4, 0.5) is 4.79 Å². The van der Waals surface area contributed by atoms with Crippen molar-refractivity contribution < 1.29 is 29.0 Å². The first-order valence-corrected chi connectivity index (χ1v) is 16.8. The number of thiophene rings is 1. The lowest BCUT2D eigenvalue weighted by Crippen LogP contribution is -2.51. The van der Waals surface area contributed by atoms with Crippen molar-refractivity contribution in [3.8, 4) is 11.4 Å². The summed E-state index contributed by atoms with van der Waals surface area (Å²) in [6, 6.07) is 8.92. The Labute approximate surface area is 285 Å². The van der Waals surface area contributed by atoms with Crippen LogP contribution in [0.2, 0.25) is 0 Å². The zero-order chi connectivity index (χ0) is 35.2. The Bertz CT molecular complexity index is 1650. The average molecular weight is 676 g/mol. The number of carboxylic acids is 1. The van der Waals surface area contributed by atoms with E-state index in [2.05, 4.69) is 52.8 Å². The Morgan fingerprint density at radius 1 is 0.958 bits per heavy atom. The molecule has 1 unspecified atom stereocenters. The summed E-state index contributed by atoms with van der Waals surface area (Å²) in [4.78, 5) is 60.4. The van der Waals surface area contributed by atoms with Gasteiger partial charge in [0.05, 0.1) is 4.88 Å². The zero-order valence-electron chi connectivity index (χ0n) is 28.5. The molecule has 0 fully saturated rings. The highest BCUT2D eigenvalue weighted by Gasteiger charge is 2.27. The highest BCUT2D eigenvalue weighted by Crippen LogP contribution is 2.30. The fraction of sp³-hybridized carbons (Fsp3) is 0.444. The molecule has 3 amide bonds. The van der Waals surface area contributed by atoms with Crippen molar-refractivity contribution in [1.82, 2.24) is 25.9 Å². The number of aromatic nitrogens is 2. The van der Waals surface area contributed by atoms with Gasteiger partial charge in [-0.05, 0) is 75.6 Å². The van der Waals surface area contributed by atoms with E-state index in [9.17, 15) is 24.3 Å². The number of benzene rings is 1. The minimum Gasteiger partial charge on any atom is -0.480 e. The van der Waals surface area contributed by atoms with E-state index in [-0.39, 0.29) is 17.9 Å². The number of ether oxygens (including phenoxy) is 1. The largest absolute Gasteiger partial charge is 0.480 e. The molecule has 4 rings (SSSR count). The number of rotatable bonds is 10. The molecule has 2 heterocycles. The van der Waals surface area contributed by atoms with Gasteiger partial charge in [0, 0.05) is 40.9 Å². The summed E-state index contributed by atoms with van der Waals surface area (Å²) in [6.07, 6.45) is 7.68. The van der Waals surface area contributed by atoms with Crippen LogP contribution < -0.4 is 16.0 Å². The van der Waals surface area contributed by atoms with Crippen molar-refractivity contribution in [3.63, 3.8) is 0 Å². The maximum Gasteiger partial charge on any atom is 0.407 e. The lowest BCUT2D eigenvalue weighted by atomic mass is 9.92. The number of carboxylic acid groups (broad SMARTS) is 1. The molecule has 3 atom stereocenters. The molecule has 11 nitrogen and oxygen atoms in total. The highest BCUT2D eigenvalue weighted by molar-refractivity contribution is 7.14. The first-order valence-electron chi connectivity index (χ1n) is 16.0. The van der Waals surface area contributed by atoms with Crippen LogP contribution >= 0.6 is 11.3 Å². The van der Waals surface area contributed by atoms with Gasteiger partial charge in [-0.25, -0.2) is 14.8 Å². The Hall–Kier alpha value is -4.58. The van der Waals surface area contributed by atoms with E-state index in [1.807, 2.05) is 51.1 Å². The predicted octanol–water partition coefficient (Wildman–Crippen LogP) is 5.89. The molecule has 0 saturated carbocycles. The van der Waals surface area contributed by atoms with Gasteiger partial charge in [0.1, 0.15) is 17.7 Å². The molecule has 2 aromatic heterocycles. The Kier molecular flexibility index (Phi) is 11.4. The standard InChI is InChI=1S/C36H45N5O6S/c1-21(33(44)45)39-31(42)27(41-32(43)28-16-17-29(48-28)35(2,3)4)18-22-8-10-24(11-9-22)30-37-19-25(20-38-30)23-12-14-26(15-13-23)40-34(46)47-36(5,6)7/h8-12,16-17,19-21,26-27H,13-15,18H2,1-7H3,(H,39,42)(H,40,46)(H,41,43)(H,44,45)/t21-,26?,27+/m1/s1. The lowest BCUT2D eigenvalue weighted by Gasteiger charge is -2.25. The van der Waals surface area contributed by atoms with Gasteiger partial charge in [-0.3, -0.25) is 14.4 Å². The van der Waals surface area contributed by atoms with Crippen molar-refractivity contribution in [1.29, 1.82) is 0 Å². The molecule has 0 spiro atoms. The van der Waals surface area contributed by atoms with Crippen molar-refractivity contribution in [3.05, 3.63) is 75.7 Å². The number of hydrogen-bond acceptors (Lipinski definition) is 8. The molecule has 48 heavy (non-hydrogen) atoms. The van der Waals surface area contributed by atoms with E-state index in [4.69, 9.17) is 4.74 Å². The molecular formula is C36H45N5O6S. The van der Waals surface area contributed by atoms with Gasteiger partial charge < -0.3 is 25.8 Å². The van der Waals surface area contributed by atoms with Crippen LogP contribution in [-0.2, 0) is 26.2 Å². The first-order chi connectivity index (χ1) is 22.5. The maximum absolute atomic E-state index is 13.2. The van der Waals surface area contributed by atoms with E-state index >= 15 is 0 Å². The third-order valence-electron chi connectivity index (χ3n) is 7.73. The number of carbonyl (C=O) groups excluding carboxylic acids is 3. The summed E-state index contributed by atoms with van der Waals surface area (Å²) in [5.41, 5.74) is 2.93. The topological polar surface area (TPSA) is 160 Å². The third-order valence-corrected chi connectivity index (χ3v) is 9.24. The Balaban J connectivity index is 1.41. The fourth-order valence-electron chi connectivity index (χ4n) is 5.05. The van der Waals surface area contributed by atoms with Gasteiger partial charge in [-0.15, -0.1) is 11.3 Å². The normalized spacial score (nSPS) is 16.2. The second-order valence-electron chi connectivity index (χ2n) is 14.1. The summed E-state index contributed by atoms with van der Waals surface area (Å²) in [5, 5.41) is 17.5. The quantitative estimate of drug-likeness (QED) is 0.207. The smallest absolute Gasteiger partial charge is 0.407 e. The van der Waals surface area contributed by atoms with Gasteiger partial charge in [0.2, 0.25) is 5.91 Å². The number of carbonyl (C=O) groups is 4. The van der Waals surface area contributed by atoms with Gasteiger partial charge in [-0.1, -0.05) is 51.1 Å². The van der Waals surface area contributed by atoms with Crippen molar-refractivity contribution >= 4 is 40.8 Å². The Morgan fingerprint density at radius 3 is 2.17 bits per heavy atom. The molecule has 1 aliphatic rings. The summed E-state index contributed by atoms with van der Waals surface area (Å²) in [7, 11) is 0. The van der Waals surface area contributed by atoms with E-state index in [1.54, 1.807) is 18.5 Å². The summed E-state index contributed by atoms with van der Waals surface area (Å²) < 4.78 is 5.36. The van der Waals surface area contributed by atoms with Crippen molar-refractivity contribution in [2.24, 2.45) is 0 Å². The van der Waals surface area contributed by atoms with Crippen LogP contribution in [0.15, 0.2) is 54.9 Å². The first kappa shape index (κ1) is 36.3. The number of alkyl carbamates (subject to hydrolysis) is 1. The van der Waals surface area contributed by atoms with E-state index in [0.29, 0.717) is 17.1 Å². The summed E-state index contributed by atoms with van der Waals surface area (Å²) in [5.74, 6) is -1.61. The molecule has 1 aliphatic carbocycles. The molecule has 1 aromatic carbocycles. The zero-order valence-corrected chi connectivity index (χ0v) is 29.4. The minimum atomic E-state index is -1.17. The number of hydrogen-bond donors (Lipinski definition) is 4. The number of amides is 3. The van der Waals surface area contributed by atoms with Crippen LogP contribution in [-0.4, -0.2) is 62.7 Å². The number of nitrogens with zero attached hydrogens (tertiary/aromatic N) is 2. The van der Waals surface area contributed by atoms with Crippen LogP contribution in [0.1, 0.15) is 93.4 Å². The molecule has 0 radical (unpaired) electrons. The highest BCUT2D eigenvalue weighted by atomic mass is 32.1. The van der Waals surface area contributed by atoms with Gasteiger partial charge in [0.25, 0.3) is 5.91 Å². The molecule has 0 bridgehead atoms. The second-order valence-corrected chi connectivity index (χ2v) is 15.1. The van der Waals surface area contributed by atoms with Crippen LogP contribution in [0.3, 0.4) is 0 Å². The van der Waals surface area contributed by atoms with Crippen LogP contribution in [0.5, 0.6) is 0 Å². The van der Waals surface area contributed by atoms with Crippen molar-refractivity contribution in [2.75, 3.05) is 0 Å². The number of allylic oxidation sites excluding steroid dienone is 1. The molecule has 12 heteroatoms. The molecule has 256 valence electrons. The van der Waals surface area contributed by atoms with E-state index < -0.39 is 41.6 Å². The SMILES string of the molecule is C[C@@H](NC(=O)[C@H](Cc1ccc(-c2ncc(C3=CCC(NC(=O)OC(C)(C)C)CC3)cn2)cc1)NC(=O)c1ccc(C(C)(C)C)s1)C(=O)O. The van der Waals surface area contributed by atoms with E-state index in [1.165, 1.54) is 18.3 Å². The average Bonchev–Trinajstić information content (AvgIpc) is 3.52. The fourth-order valence-corrected chi connectivity index (χ4v) is 6.01. The minimum absolute atomic E-state index is 0.0129. The summed E-state index contributed by atoms with van der Waals surface area (Å²) in [6.45, 7) is 13.1. The van der Waals surface area contributed by atoms with Gasteiger partial charge in [-0.2, -0.15) is 0 Å². The second kappa shape index (κ2) is 15.1. The molecule has 0 aliphatic heterocycles. The lowest BCUT2D eigenvalue weighted by molar-refractivity contribution is -0.141. The monoisotopic (exact) mass is 675 g/mol. The Morgan fingerprint density at radius 2 is 1.62 bits per heavy atom. The van der Waals surface area contributed by atoms with Gasteiger partial charge in [0.15, 0.2) is 5.82 Å². The molecular weight excluding hydrogens is 630 g/mol.